The fourth-order valence-electron chi connectivity index (χ4n) is 4.83. The number of fused-ring (bicyclic) bond motifs is 1. The second kappa shape index (κ2) is 10.2. The molecule has 0 radical (unpaired) electrons. The molecule has 0 amide bonds. The number of rotatable bonds is 5. The molecule has 2 heterocycles. The summed E-state index contributed by atoms with van der Waals surface area (Å²) in [5.74, 6) is 1.58. The van der Waals surface area contributed by atoms with Crippen molar-refractivity contribution in [1.82, 2.24) is 15.0 Å². The maximum atomic E-state index is 9.51. The van der Waals surface area contributed by atoms with Crippen molar-refractivity contribution >= 4 is 0 Å². The fourth-order valence-corrected chi connectivity index (χ4v) is 4.83. The van der Waals surface area contributed by atoms with Gasteiger partial charge in [-0.1, -0.05) is 23.4 Å². The van der Waals surface area contributed by atoms with Gasteiger partial charge in [0.15, 0.2) is 0 Å². The van der Waals surface area contributed by atoms with E-state index in [2.05, 4.69) is 45.0 Å². The number of nitrogens with two attached hydrogens (primary N) is 1. The SMILES string of the molecule is CC(C)Oc1ccc(-c2nc(-c3cccc4c3CCC4N3CCCC3)no2)cc1C#N.CN. The summed E-state index contributed by atoms with van der Waals surface area (Å²) < 4.78 is 11.3. The number of hydrogen-bond donors (Lipinski definition) is 1. The lowest BCUT2D eigenvalue weighted by atomic mass is 10.0. The van der Waals surface area contributed by atoms with E-state index in [0.717, 1.165) is 18.4 Å². The van der Waals surface area contributed by atoms with Crippen molar-refractivity contribution in [3.05, 3.63) is 53.1 Å². The number of benzene rings is 2. The Labute approximate surface area is 195 Å². The largest absolute Gasteiger partial charge is 0.490 e. The Morgan fingerprint density at radius 1 is 1.18 bits per heavy atom. The van der Waals surface area contributed by atoms with Crippen LogP contribution in [0.15, 0.2) is 40.9 Å². The van der Waals surface area contributed by atoms with Crippen LogP contribution < -0.4 is 10.5 Å². The highest BCUT2D eigenvalue weighted by molar-refractivity contribution is 5.67. The first-order valence-corrected chi connectivity index (χ1v) is 11.6. The number of likely N-dealkylation sites (tertiary alicyclic amines) is 1. The van der Waals surface area contributed by atoms with E-state index >= 15 is 0 Å². The third kappa shape index (κ3) is 4.63. The number of nitriles is 1. The highest BCUT2D eigenvalue weighted by Gasteiger charge is 2.31. The summed E-state index contributed by atoms with van der Waals surface area (Å²) in [4.78, 5) is 7.29. The van der Waals surface area contributed by atoms with Crippen LogP contribution in [0.25, 0.3) is 22.8 Å². The molecule has 1 unspecified atom stereocenters. The van der Waals surface area contributed by atoms with Crippen LogP contribution in [-0.4, -0.2) is 41.3 Å². The highest BCUT2D eigenvalue weighted by Crippen LogP contribution is 2.41. The van der Waals surface area contributed by atoms with E-state index in [4.69, 9.17) is 9.26 Å². The second-order valence-electron chi connectivity index (χ2n) is 8.58. The lowest BCUT2D eigenvalue weighted by Gasteiger charge is -2.24. The van der Waals surface area contributed by atoms with E-state index in [1.54, 1.807) is 12.1 Å². The molecule has 2 aromatic carbocycles. The van der Waals surface area contributed by atoms with Gasteiger partial charge in [-0.3, -0.25) is 4.90 Å². The van der Waals surface area contributed by atoms with Crippen LogP contribution in [0, 0.1) is 11.3 Å². The van der Waals surface area contributed by atoms with Crippen LogP contribution in [0.2, 0.25) is 0 Å². The zero-order valence-electron chi connectivity index (χ0n) is 19.5. The average molecular weight is 446 g/mol. The zero-order chi connectivity index (χ0) is 23.4. The predicted octanol–water partition coefficient (Wildman–Crippen LogP) is 4.72. The van der Waals surface area contributed by atoms with Gasteiger partial charge in [-0.2, -0.15) is 10.2 Å². The second-order valence-corrected chi connectivity index (χ2v) is 8.58. The Bertz CT molecular complexity index is 1140. The topological polar surface area (TPSA) is 101 Å². The Balaban J connectivity index is 0.00000126. The highest BCUT2D eigenvalue weighted by atomic mass is 16.5. The summed E-state index contributed by atoms with van der Waals surface area (Å²) >= 11 is 0. The molecule has 3 aromatic rings. The van der Waals surface area contributed by atoms with E-state index in [1.807, 2.05) is 19.9 Å². The minimum atomic E-state index is -0.00230. The Morgan fingerprint density at radius 2 is 1.97 bits per heavy atom. The van der Waals surface area contributed by atoms with Gasteiger partial charge in [0.2, 0.25) is 5.82 Å². The molecule has 0 spiro atoms. The molecule has 7 heteroatoms. The maximum absolute atomic E-state index is 9.51. The molecule has 7 nitrogen and oxygen atoms in total. The van der Waals surface area contributed by atoms with Crippen molar-refractivity contribution in [3.8, 4) is 34.7 Å². The number of ether oxygens (including phenoxy) is 1. The van der Waals surface area contributed by atoms with Gasteiger partial charge in [0.25, 0.3) is 5.89 Å². The van der Waals surface area contributed by atoms with Gasteiger partial charge >= 0.3 is 0 Å². The summed E-state index contributed by atoms with van der Waals surface area (Å²) in [7, 11) is 1.50. The van der Waals surface area contributed by atoms with Gasteiger partial charge in [0.1, 0.15) is 11.8 Å². The van der Waals surface area contributed by atoms with E-state index < -0.39 is 0 Å². The maximum Gasteiger partial charge on any atom is 0.258 e. The third-order valence-corrected chi connectivity index (χ3v) is 6.20. The van der Waals surface area contributed by atoms with Crippen LogP contribution in [-0.2, 0) is 6.42 Å². The lowest BCUT2D eigenvalue weighted by Crippen LogP contribution is -2.23. The minimum absolute atomic E-state index is 0.00230. The molecule has 1 aromatic heterocycles. The molecule has 0 saturated carbocycles. The van der Waals surface area contributed by atoms with Crippen LogP contribution in [0.5, 0.6) is 5.75 Å². The molecule has 33 heavy (non-hydrogen) atoms. The van der Waals surface area contributed by atoms with Gasteiger partial charge in [0, 0.05) is 17.2 Å². The Kier molecular flexibility index (Phi) is 7.07. The van der Waals surface area contributed by atoms with Crippen molar-refractivity contribution in [3.63, 3.8) is 0 Å². The third-order valence-electron chi connectivity index (χ3n) is 6.20. The summed E-state index contributed by atoms with van der Waals surface area (Å²) in [5, 5.41) is 13.8. The zero-order valence-corrected chi connectivity index (χ0v) is 19.5. The molecule has 2 N–H and O–H groups in total. The lowest BCUT2D eigenvalue weighted by molar-refractivity contribution is 0.241. The fraction of sp³-hybridized carbons (Fsp3) is 0.423. The quantitative estimate of drug-likeness (QED) is 0.606. The molecule has 1 aliphatic carbocycles. The van der Waals surface area contributed by atoms with Crippen LogP contribution >= 0.6 is 0 Å². The molecule has 172 valence electrons. The van der Waals surface area contributed by atoms with E-state index in [-0.39, 0.29) is 6.10 Å². The van der Waals surface area contributed by atoms with Crippen molar-refractivity contribution in [2.75, 3.05) is 20.1 Å². The van der Waals surface area contributed by atoms with Gasteiger partial charge in [-0.15, -0.1) is 0 Å². The van der Waals surface area contributed by atoms with Gasteiger partial charge < -0.3 is 15.0 Å². The molecule has 1 aliphatic heterocycles. The first kappa shape index (κ1) is 23.0. The smallest absolute Gasteiger partial charge is 0.258 e. The van der Waals surface area contributed by atoms with Gasteiger partial charge in [-0.05, 0) is 89.0 Å². The summed E-state index contributed by atoms with van der Waals surface area (Å²) in [6, 6.07) is 14.5. The normalized spacial score (nSPS) is 17.4. The molecule has 1 saturated heterocycles. The molecular formula is C26H31N5O2. The van der Waals surface area contributed by atoms with E-state index in [1.165, 1.54) is 44.1 Å². The van der Waals surface area contributed by atoms with E-state index in [0.29, 0.717) is 34.6 Å². The summed E-state index contributed by atoms with van der Waals surface area (Å²) in [6.45, 7) is 6.26. The molecule has 0 bridgehead atoms. The van der Waals surface area contributed by atoms with Crippen LogP contribution in [0.1, 0.15) is 55.8 Å². The van der Waals surface area contributed by atoms with Gasteiger partial charge in [0.05, 0.1) is 11.7 Å². The standard InChI is InChI=1S/C25H26N4O2.CH5N/c1-16(2)30-23-11-8-17(14-18(23)15-26)25-27-24(28-31-25)21-7-5-6-20-19(21)9-10-22(20)29-12-3-4-13-29;1-2/h5-8,11,14,16,22H,3-4,9-10,12-13H2,1-2H3;2H2,1H3. The van der Waals surface area contributed by atoms with Gasteiger partial charge in [-0.25, -0.2) is 0 Å². The first-order valence-electron chi connectivity index (χ1n) is 11.6. The Hall–Kier alpha value is -3.21. The summed E-state index contributed by atoms with van der Waals surface area (Å²) in [6.07, 6.45) is 4.78. The molecule has 1 fully saturated rings. The number of hydrogen-bond acceptors (Lipinski definition) is 7. The number of nitrogens with zero attached hydrogens (tertiary/aromatic N) is 4. The average Bonchev–Trinajstić information content (AvgIpc) is 3.60. The van der Waals surface area contributed by atoms with Crippen LogP contribution in [0.4, 0.5) is 0 Å². The Morgan fingerprint density at radius 3 is 2.70 bits per heavy atom. The molecular weight excluding hydrogens is 414 g/mol. The van der Waals surface area contributed by atoms with Crippen LogP contribution in [0.3, 0.4) is 0 Å². The summed E-state index contributed by atoms with van der Waals surface area (Å²) in [5.41, 5.74) is 9.47. The van der Waals surface area contributed by atoms with Crippen molar-refractivity contribution in [2.24, 2.45) is 5.73 Å². The van der Waals surface area contributed by atoms with E-state index in [9.17, 15) is 5.26 Å². The first-order chi connectivity index (χ1) is 16.1. The van der Waals surface area contributed by atoms with Crippen molar-refractivity contribution < 1.29 is 9.26 Å². The molecule has 1 atom stereocenters. The van der Waals surface area contributed by atoms with Crippen molar-refractivity contribution in [1.29, 1.82) is 5.26 Å². The predicted molar refractivity (Wildman–Crippen MR) is 128 cm³/mol. The van der Waals surface area contributed by atoms with Crippen molar-refractivity contribution in [2.45, 2.75) is 51.7 Å². The molecule has 5 rings (SSSR count). The minimum Gasteiger partial charge on any atom is -0.490 e. The molecule has 2 aliphatic rings. The number of aromatic nitrogens is 2. The monoisotopic (exact) mass is 445 g/mol.